The maximum Gasteiger partial charge on any atom is 0.197 e. The predicted molar refractivity (Wildman–Crippen MR) is 81.8 cm³/mol. The van der Waals surface area contributed by atoms with Crippen LogP contribution < -0.4 is 4.74 Å². The Balaban J connectivity index is 2.71. The highest BCUT2D eigenvalue weighted by atomic mass is 16.5. The third kappa shape index (κ3) is 2.22. The van der Waals surface area contributed by atoms with Crippen molar-refractivity contribution in [3.63, 3.8) is 0 Å². The van der Waals surface area contributed by atoms with E-state index in [9.17, 15) is 4.79 Å². The van der Waals surface area contributed by atoms with Gasteiger partial charge in [0.15, 0.2) is 5.78 Å². The van der Waals surface area contributed by atoms with Gasteiger partial charge in [-0.05, 0) is 49.9 Å². The molecule has 0 aliphatic rings. The number of hydrogen-bond donors (Lipinski definition) is 0. The zero-order chi connectivity index (χ0) is 14.9. The minimum Gasteiger partial charge on any atom is -0.496 e. The molecule has 0 saturated carbocycles. The monoisotopic (exact) mass is 268 g/mol. The Morgan fingerprint density at radius 2 is 1.40 bits per heavy atom. The van der Waals surface area contributed by atoms with Crippen molar-refractivity contribution in [2.75, 3.05) is 7.11 Å². The normalized spacial score (nSPS) is 10.4. The summed E-state index contributed by atoms with van der Waals surface area (Å²) >= 11 is 0. The van der Waals surface area contributed by atoms with Crippen molar-refractivity contribution in [2.24, 2.45) is 0 Å². The summed E-state index contributed by atoms with van der Waals surface area (Å²) < 4.78 is 5.51. The molecule has 0 heterocycles. The van der Waals surface area contributed by atoms with Crippen molar-refractivity contribution in [1.82, 2.24) is 0 Å². The van der Waals surface area contributed by atoms with Gasteiger partial charge in [-0.2, -0.15) is 0 Å². The van der Waals surface area contributed by atoms with Crippen LogP contribution in [0.2, 0.25) is 0 Å². The number of carbonyl (C=O) groups is 1. The second-order valence-electron chi connectivity index (χ2n) is 5.10. The number of hydrogen-bond acceptors (Lipinski definition) is 2. The molecule has 0 bridgehead atoms. The summed E-state index contributed by atoms with van der Waals surface area (Å²) in [6.07, 6.45) is 0. The molecule has 0 radical (unpaired) electrons. The average Bonchev–Trinajstić information content (AvgIpc) is 2.48. The molecule has 0 amide bonds. The highest BCUT2D eigenvalue weighted by molar-refractivity contribution is 6.12. The first-order chi connectivity index (χ1) is 9.49. The summed E-state index contributed by atoms with van der Waals surface area (Å²) in [5.74, 6) is 0.714. The van der Waals surface area contributed by atoms with Crippen molar-refractivity contribution in [2.45, 2.75) is 27.7 Å². The Bertz CT molecular complexity index is 655. The summed E-state index contributed by atoms with van der Waals surface area (Å²) in [7, 11) is 1.62. The quantitative estimate of drug-likeness (QED) is 0.781. The van der Waals surface area contributed by atoms with Crippen LogP contribution in [0.25, 0.3) is 0 Å². The van der Waals surface area contributed by atoms with Crippen LogP contribution in [0.15, 0.2) is 30.3 Å². The van der Waals surface area contributed by atoms with E-state index >= 15 is 0 Å². The van der Waals surface area contributed by atoms with Crippen molar-refractivity contribution >= 4 is 5.78 Å². The summed E-state index contributed by atoms with van der Waals surface area (Å²) in [5.41, 5.74) is 5.75. The van der Waals surface area contributed by atoms with Gasteiger partial charge in [0, 0.05) is 5.56 Å². The van der Waals surface area contributed by atoms with Crippen LogP contribution >= 0.6 is 0 Å². The first-order valence-corrected chi connectivity index (χ1v) is 6.73. The Kier molecular flexibility index (Phi) is 3.93. The van der Waals surface area contributed by atoms with E-state index in [2.05, 4.69) is 13.8 Å². The lowest BCUT2D eigenvalue weighted by Crippen LogP contribution is -2.10. The maximum atomic E-state index is 12.8. The van der Waals surface area contributed by atoms with E-state index < -0.39 is 0 Å². The van der Waals surface area contributed by atoms with Crippen LogP contribution in [0.4, 0.5) is 0 Å². The molecule has 0 N–H and O–H groups in total. The smallest absolute Gasteiger partial charge is 0.197 e. The van der Waals surface area contributed by atoms with Gasteiger partial charge in [0.25, 0.3) is 0 Å². The van der Waals surface area contributed by atoms with Crippen LogP contribution in [-0.2, 0) is 0 Å². The largest absolute Gasteiger partial charge is 0.496 e. The molecular formula is C18H20O2. The van der Waals surface area contributed by atoms with Crippen LogP contribution in [0.5, 0.6) is 5.75 Å². The van der Waals surface area contributed by atoms with Crippen molar-refractivity contribution in [3.05, 3.63) is 63.7 Å². The molecule has 2 nitrogen and oxygen atoms in total. The Labute approximate surface area is 120 Å². The topological polar surface area (TPSA) is 26.3 Å². The van der Waals surface area contributed by atoms with Gasteiger partial charge < -0.3 is 4.74 Å². The molecule has 0 atom stereocenters. The van der Waals surface area contributed by atoms with Crippen LogP contribution in [0.3, 0.4) is 0 Å². The number of rotatable bonds is 3. The summed E-state index contributed by atoms with van der Waals surface area (Å²) in [4.78, 5) is 12.8. The minimum atomic E-state index is 0.0196. The lowest BCUT2D eigenvalue weighted by atomic mass is 9.89. The molecule has 0 aliphatic heterocycles. The lowest BCUT2D eigenvalue weighted by Gasteiger charge is -2.19. The molecule has 2 aromatic rings. The molecular weight excluding hydrogens is 248 g/mol. The van der Waals surface area contributed by atoms with E-state index in [1.165, 1.54) is 5.56 Å². The van der Waals surface area contributed by atoms with Crippen molar-refractivity contribution in [1.29, 1.82) is 0 Å². The molecule has 0 unspecified atom stereocenters. The Morgan fingerprint density at radius 1 is 0.850 bits per heavy atom. The second-order valence-corrected chi connectivity index (χ2v) is 5.10. The van der Waals surface area contributed by atoms with Gasteiger partial charge in [0.2, 0.25) is 0 Å². The van der Waals surface area contributed by atoms with Crippen LogP contribution in [-0.4, -0.2) is 12.9 Å². The van der Waals surface area contributed by atoms with Gasteiger partial charge in [-0.15, -0.1) is 0 Å². The number of ether oxygens (including phenoxy) is 1. The summed E-state index contributed by atoms with van der Waals surface area (Å²) in [6, 6.07) is 9.34. The van der Waals surface area contributed by atoms with Gasteiger partial charge in [0.1, 0.15) is 5.75 Å². The molecule has 2 aromatic carbocycles. The highest BCUT2D eigenvalue weighted by Crippen LogP contribution is 2.34. The fourth-order valence-corrected chi connectivity index (χ4v) is 2.54. The SMILES string of the molecule is COc1c(C)c(C)c(C)c(C)c1C(=O)c1ccccc1. The average molecular weight is 268 g/mol. The van der Waals surface area contributed by atoms with Gasteiger partial charge in [-0.3, -0.25) is 4.79 Å². The van der Waals surface area contributed by atoms with E-state index in [4.69, 9.17) is 4.74 Å². The molecule has 0 fully saturated rings. The van der Waals surface area contributed by atoms with Gasteiger partial charge in [0.05, 0.1) is 12.7 Å². The molecule has 20 heavy (non-hydrogen) atoms. The number of ketones is 1. The summed E-state index contributed by atoms with van der Waals surface area (Å²) in [6.45, 7) is 8.11. The van der Waals surface area contributed by atoms with E-state index in [0.717, 1.165) is 16.7 Å². The fraction of sp³-hybridized carbons (Fsp3) is 0.278. The number of benzene rings is 2. The minimum absolute atomic E-state index is 0.0196. The van der Waals surface area contributed by atoms with E-state index in [-0.39, 0.29) is 5.78 Å². The van der Waals surface area contributed by atoms with E-state index in [0.29, 0.717) is 16.9 Å². The third-order valence-corrected chi connectivity index (χ3v) is 4.10. The van der Waals surface area contributed by atoms with Crippen LogP contribution in [0, 0.1) is 27.7 Å². The second kappa shape index (κ2) is 5.49. The maximum absolute atomic E-state index is 12.8. The van der Waals surface area contributed by atoms with Gasteiger partial charge in [-0.1, -0.05) is 30.3 Å². The molecule has 0 aromatic heterocycles. The van der Waals surface area contributed by atoms with Gasteiger partial charge in [-0.25, -0.2) is 0 Å². The zero-order valence-electron chi connectivity index (χ0n) is 12.7. The molecule has 0 aliphatic carbocycles. The lowest BCUT2D eigenvalue weighted by molar-refractivity contribution is 0.103. The third-order valence-electron chi connectivity index (χ3n) is 4.10. The molecule has 2 heteroatoms. The number of carbonyl (C=O) groups excluding carboxylic acids is 1. The first kappa shape index (κ1) is 14.3. The zero-order valence-corrected chi connectivity index (χ0v) is 12.7. The fourth-order valence-electron chi connectivity index (χ4n) is 2.54. The van der Waals surface area contributed by atoms with Crippen molar-refractivity contribution < 1.29 is 9.53 Å². The number of methoxy groups -OCH3 is 1. The Morgan fingerprint density at radius 3 is 1.95 bits per heavy atom. The van der Waals surface area contributed by atoms with Crippen LogP contribution in [0.1, 0.15) is 38.2 Å². The molecule has 104 valence electrons. The molecule has 0 spiro atoms. The Hall–Kier alpha value is -2.09. The standard InChI is InChI=1S/C18H20O2/c1-11-12(2)14(4)18(20-5)16(13(11)3)17(19)15-9-7-6-8-10-15/h6-10H,1-5H3. The first-order valence-electron chi connectivity index (χ1n) is 6.73. The molecule has 0 saturated heterocycles. The molecule has 2 rings (SSSR count). The predicted octanol–water partition coefficient (Wildman–Crippen LogP) is 4.16. The van der Waals surface area contributed by atoms with Crippen molar-refractivity contribution in [3.8, 4) is 5.75 Å². The van der Waals surface area contributed by atoms with Gasteiger partial charge >= 0.3 is 0 Å². The van der Waals surface area contributed by atoms with E-state index in [1.807, 2.05) is 44.2 Å². The van der Waals surface area contributed by atoms with E-state index in [1.54, 1.807) is 7.11 Å². The summed E-state index contributed by atoms with van der Waals surface area (Å²) in [5, 5.41) is 0. The highest BCUT2D eigenvalue weighted by Gasteiger charge is 2.22.